The zero-order chi connectivity index (χ0) is 18.2. The molecule has 0 fully saturated rings. The fraction of sp³-hybridized carbons (Fsp3) is 0.316. The van der Waals surface area contributed by atoms with Crippen LogP contribution in [0, 0.1) is 11.6 Å². The Bertz CT molecular complexity index is 682. The highest BCUT2D eigenvalue weighted by Gasteiger charge is 2.14. The van der Waals surface area contributed by atoms with Crippen molar-refractivity contribution in [3.63, 3.8) is 0 Å². The van der Waals surface area contributed by atoms with E-state index in [1.807, 2.05) is 14.1 Å². The number of rotatable bonds is 6. The molecule has 6 heteroatoms. The number of benzene rings is 2. The lowest BCUT2D eigenvalue weighted by molar-refractivity contribution is 0.298. The molecule has 2 aromatic rings. The molecule has 2 aromatic carbocycles. The maximum absolute atomic E-state index is 13.1. The third kappa shape index (κ3) is 5.83. The molecule has 0 heterocycles. The van der Waals surface area contributed by atoms with Crippen LogP contribution in [0.5, 0.6) is 0 Å². The summed E-state index contributed by atoms with van der Waals surface area (Å²) in [6, 6.07) is 12.9. The summed E-state index contributed by atoms with van der Waals surface area (Å²) >= 11 is 0. The minimum absolute atomic E-state index is 0.0740. The Morgan fingerprint density at radius 2 is 1.52 bits per heavy atom. The Kier molecular flexibility index (Phi) is 6.89. The first-order valence-electron chi connectivity index (χ1n) is 8.10. The van der Waals surface area contributed by atoms with Crippen molar-refractivity contribution in [3.8, 4) is 0 Å². The van der Waals surface area contributed by atoms with Gasteiger partial charge >= 0.3 is 0 Å². The molecule has 0 radical (unpaired) electrons. The smallest absolute Gasteiger partial charge is 0.191 e. The molecular formula is C19H24F2N4. The van der Waals surface area contributed by atoms with Gasteiger partial charge in [-0.25, -0.2) is 8.78 Å². The van der Waals surface area contributed by atoms with Crippen LogP contribution < -0.4 is 10.6 Å². The molecule has 0 saturated heterocycles. The van der Waals surface area contributed by atoms with E-state index in [1.165, 1.54) is 24.3 Å². The molecule has 0 aromatic heterocycles. The Hall–Kier alpha value is -2.47. The molecule has 0 saturated carbocycles. The average molecular weight is 346 g/mol. The normalized spacial score (nSPS) is 13.0. The molecule has 25 heavy (non-hydrogen) atoms. The molecule has 1 atom stereocenters. The summed E-state index contributed by atoms with van der Waals surface area (Å²) in [7, 11) is 5.65. The second-order valence-electron chi connectivity index (χ2n) is 5.96. The molecule has 0 bridgehead atoms. The van der Waals surface area contributed by atoms with E-state index < -0.39 is 0 Å². The van der Waals surface area contributed by atoms with Gasteiger partial charge in [0.2, 0.25) is 0 Å². The number of hydrogen-bond acceptors (Lipinski definition) is 2. The van der Waals surface area contributed by atoms with Gasteiger partial charge in [-0.15, -0.1) is 0 Å². The van der Waals surface area contributed by atoms with Gasteiger partial charge in [0.25, 0.3) is 0 Å². The van der Waals surface area contributed by atoms with E-state index in [2.05, 4.69) is 20.5 Å². The summed E-state index contributed by atoms with van der Waals surface area (Å²) in [6.07, 6.45) is 0. The highest BCUT2D eigenvalue weighted by atomic mass is 19.1. The number of aliphatic imine (C=N–C) groups is 1. The van der Waals surface area contributed by atoms with E-state index in [0.717, 1.165) is 11.1 Å². The summed E-state index contributed by atoms with van der Waals surface area (Å²) in [5, 5.41) is 6.47. The van der Waals surface area contributed by atoms with Crippen molar-refractivity contribution in [3.05, 3.63) is 71.3 Å². The van der Waals surface area contributed by atoms with Crippen LogP contribution in [0.25, 0.3) is 0 Å². The van der Waals surface area contributed by atoms with E-state index >= 15 is 0 Å². The standard InChI is InChI=1S/C19H24F2N4/c1-22-19(23-12-14-4-8-16(20)9-5-14)24-13-18(25(2)3)15-6-10-17(21)11-7-15/h4-11,18H,12-13H2,1-3H3,(H2,22,23,24). The van der Waals surface area contributed by atoms with Gasteiger partial charge in [0.05, 0.1) is 6.04 Å². The van der Waals surface area contributed by atoms with Crippen molar-refractivity contribution in [1.29, 1.82) is 0 Å². The van der Waals surface area contributed by atoms with Gasteiger partial charge in [-0.3, -0.25) is 4.99 Å². The molecule has 0 aliphatic rings. The van der Waals surface area contributed by atoms with Crippen LogP contribution in [0.2, 0.25) is 0 Å². The maximum Gasteiger partial charge on any atom is 0.191 e. The lowest BCUT2D eigenvalue weighted by Gasteiger charge is -2.26. The monoisotopic (exact) mass is 346 g/mol. The lowest BCUT2D eigenvalue weighted by Crippen LogP contribution is -2.41. The number of halogens is 2. The van der Waals surface area contributed by atoms with E-state index in [0.29, 0.717) is 19.0 Å². The maximum atomic E-state index is 13.1. The van der Waals surface area contributed by atoms with Crippen molar-refractivity contribution >= 4 is 5.96 Å². The molecule has 2 rings (SSSR count). The van der Waals surface area contributed by atoms with Crippen LogP contribution in [0.15, 0.2) is 53.5 Å². The van der Waals surface area contributed by atoms with Crippen LogP contribution in [-0.4, -0.2) is 38.5 Å². The van der Waals surface area contributed by atoms with Crippen molar-refractivity contribution in [2.24, 2.45) is 4.99 Å². The van der Waals surface area contributed by atoms with E-state index in [1.54, 1.807) is 31.3 Å². The Morgan fingerprint density at radius 1 is 0.960 bits per heavy atom. The zero-order valence-corrected chi connectivity index (χ0v) is 14.8. The van der Waals surface area contributed by atoms with E-state index in [4.69, 9.17) is 0 Å². The van der Waals surface area contributed by atoms with Crippen molar-refractivity contribution in [1.82, 2.24) is 15.5 Å². The van der Waals surface area contributed by atoms with Gasteiger partial charge in [-0.2, -0.15) is 0 Å². The van der Waals surface area contributed by atoms with Crippen LogP contribution in [0.3, 0.4) is 0 Å². The number of guanidine groups is 1. The molecular weight excluding hydrogens is 322 g/mol. The number of likely N-dealkylation sites (N-methyl/N-ethyl adjacent to an activating group) is 1. The first kappa shape index (κ1) is 18.9. The van der Waals surface area contributed by atoms with E-state index in [9.17, 15) is 8.78 Å². The van der Waals surface area contributed by atoms with Gasteiger partial charge in [0.1, 0.15) is 11.6 Å². The number of nitrogens with one attached hydrogen (secondary N) is 2. The van der Waals surface area contributed by atoms with Crippen molar-refractivity contribution < 1.29 is 8.78 Å². The predicted octanol–water partition coefficient (Wildman–Crippen LogP) is 2.93. The summed E-state index contributed by atoms with van der Waals surface area (Å²) < 4.78 is 26.1. The fourth-order valence-corrected chi connectivity index (χ4v) is 2.49. The second-order valence-corrected chi connectivity index (χ2v) is 5.96. The molecule has 0 spiro atoms. The zero-order valence-electron chi connectivity index (χ0n) is 14.8. The largest absolute Gasteiger partial charge is 0.354 e. The Labute approximate surface area is 147 Å². The summed E-state index contributed by atoms with van der Waals surface area (Å²) in [4.78, 5) is 6.26. The first-order valence-corrected chi connectivity index (χ1v) is 8.10. The predicted molar refractivity (Wildman–Crippen MR) is 97.4 cm³/mol. The third-order valence-electron chi connectivity index (χ3n) is 3.94. The molecule has 4 nitrogen and oxygen atoms in total. The van der Waals surface area contributed by atoms with Gasteiger partial charge < -0.3 is 15.5 Å². The first-order chi connectivity index (χ1) is 12.0. The average Bonchev–Trinajstić information content (AvgIpc) is 2.60. The van der Waals surface area contributed by atoms with Gasteiger partial charge in [-0.1, -0.05) is 24.3 Å². The third-order valence-corrected chi connectivity index (χ3v) is 3.94. The highest BCUT2D eigenvalue weighted by Crippen LogP contribution is 2.17. The van der Waals surface area contributed by atoms with Crippen molar-refractivity contribution in [2.75, 3.05) is 27.7 Å². The molecule has 0 amide bonds. The van der Waals surface area contributed by atoms with Crippen LogP contribution in [-0.2, 0) is 6.54 Å². The minimum atomic E-state index is -0.251. The van der Waals surface area contributed by atoms with Gasteiger partial charge in [-0.05, 0) is 49.5 Å². The van der Waals surface area contributed by atoms with Gasteiger partial charge in [0.15, 0.2) is 5.96 Å². The second kappa shape index (κ2) is 9.13. The topological polar surface area (TPSA) is 39.7 Å². The van der Waals surface area contributed by atoms with Crippen LogP contribution in [0.4, 0.5) is 8.78 Å². The molecule has 2 N–H and O–H groups in total. The molecule has 0 aliphatic heterocycles. The highest BCUT2D eigenvalue weighted by molar-refractivity contribution is 5.79. The summed E-state index contributed by atoms with van der Waals surface area (Å²) in [5.74, 6) is 0.156. The fourth-order valence-electron chi connectivity index (χ4n) is 2.49. The Morgan fingerprint density at radius 3 is 2.04 bits per heavy atom. The van der Waals surface area contributed by atoms with E-state index in [-0.39, 0.29) is 17.7 Å². The number of hydrogen-bond donors (Lipinski definition) is 2. The summed E-state index contributed by atoms with van der Waals surface area (Å²) in [5.41, 5.74) is 1.99. The summed E-state index contributed by atoms with van der Waals surface area (Å²) in [6.45, 7) is 1.16. The quantitative estimate of drug-likeness (QED) is 0.624. The molecule has 1 unspecified atom stereocenters. The SMILES string of the molecule is CN=C(NCc1ccc(F)cc1)NCC(c1ccc(F)cc1)N(C)C. The molecule has 134 valence electrons. The lowest BCUT2D eigenvalue weighted by atomic mass is 10.1. The van der Waals surface area contributed by atoms with Crippen LogP contribution in [0.1, 0.15) is 17.2 Å². The Balaban J connectivity index is 1.93. The molecule has 0 aliphatic carbocycles. The van der Waals surface area contributed by atoms with Crippen molar-refractivity contribution in [2.45, 2.75) is 12.6 Å². The number of nitrogens with zero attached hydrogens (tertiary/aromatic N) is 2. The van der Waals surface area contributed by atoms with Crippen LogP contribution >= 0.6 is 0 Å². The minimum Gasteiger partial charge on any atom is -0.354 e. The van der Waals surface area contributed by atoms with Gasteiger partial charge in [0, 0.05) is 20.1 Å².